The molecule has 0 fully saturated rings. The number of aliphatic hydroxyl groups excluding tert-OH is 1. The Hall–Kier alpha value is -1.18. The molecule has 2 N–H and O–H groups in total. The number of aromatic nitrogens is 2. The smallest absolute Gasteiger partial charge is 0.342 e. The Labute approximate surface area is 104 Å². The van der Waals surface area contributed by atoms with Crippen molar-refractivity contribution in [1.82, 2.24) is 14.9 Å². The van der Waals surface area contributed by atoms with Gasteiger partial charge in [-0.25, -0.2) is 9.55 Å². The van der Waals surface area contributed by atoms with Crippen LogP contribution in [0.25, 0.3) is 0 Å². The molecule has 0 aromatic carbocycles. The first-order valence-corrected chi connectivity index (χ1v) is 5.71. The van der Waals surface area contributed by atoms with E-state index in [9.17, 15) is 15.2 Å². The number of halogens is 1. The molecule has 0 aliphatic rings. The van der Waals surface area contributed by atoms with Crippen molar-refractivity contribution in [2.24, 2.45) is 0 Å². The zero-order valence-electron chi connectivity index (χ0n) is 9.47. The van der Waals surface area contributed by atoms with Crippen LogP contribution in [0.15, 0.2) is 6.20 Å². The summed E-state index contributed by atoms with van der Waals surface area (Å²) in [7, 11) is 0. The second-order valence-electron chi connectivity index (χ2n) is 3.58. The van der Waals surface area contributed by atoms with Crippen LogP contribution in [0, 0.1) is 17.0 Å². The van der Waals surface area contributed by atoms with Gasteiger partial charge in [0.1, 0.15) is 18.8 Å². The van der Waals surface area contributed by atoms with Gasteiger partial charge in [-0.15, -0.1) is 11.6 Å². The maximum Gasteiger partial charge on any atom is 0.342 e. The molecule has 96 valence electrons. The van der Waals surface area contributed by atoms with E-state index >= 15 is 0 Å². The zero-order chi connectivity index (χ0) is 12.8. The molecule has 1 rings (SSSR count). The fraction of sp³-hybridized carbons (Fsp3) is 0.667. The third-order valence-corrected chi connectivity index (χ3v) is 2.45. The molecule has 0 bridgehead atoms. The van der Waals surface area contributed by atoms with Crippen LogP contribution in [0.2, 0.25) is 0 Å². The molecule has 0 spiro atoms. The molecule has 0 radical (unpaired) electrons. The summed E-state index contributed by atoms with van der Waals surface area (Å²) in [6.07, 6.45) is 0.471. The van der Waals surface area contributed by atoms with Crippen LogP contribution in [0.1, 0.15) is 5.82 Å². The van der Waals surface area contributed by atoms with Gasteiger partial charge in [-0.3, -0.25) is 0 Å². The van der Waals surface area contributed by atoms with Crippen LogP contribution in [-0.4, -0.2) is 44.7 Å². The standard InChI is InChI=1S/C9H15ClN4O3/c1-7-12-5-9(14(16)17)13(7)6-8(15)4-11-3-2-10/h5,8,11,15H,2-4,6H2,1H3. The third-order valence-electron chi connectivity index (χ3n) is 2.27. The Balaban J connectivity index is 2.61. The molecule has 0 aliphatic heterocycles. The van der Waals surface area contributed by atoms with Crippen LogP contribution in [0.5, 0.6) is 0 Å². The monoisotopic (exact) mass is 262 g/mol. The van der Waals surface area contributed by atoms with Crippen molar-refractivity contribution < 1.29 is 10.0 Å². The Kier molecular flexibility index (Phi) is 5.33. The Bertz CT molecular complexity index is 382. The average Bonchev–Trinajstić information content (AvgIpc) is 2.61. The number of aryl methyl sites for hydroxylation is 1. The number of nitrogens with zero attached hydrogens (tertiary/aromatic N) is 3. The molecule has 0 amide bonds. The predicted molar refractivity (Wildman–Crippen MR) is 63.2 cm³/mol. The Morgan fingerprint density at radius 2 is 2.47 bits per heavy atom. The van der Waals surface area contributed by atoms with Crippen molar-refractivity contribution >= 4 is 17.4 Å². The maximum absolute atomic E-state index is 10.7. The van der Waals surface area contributed by atoms with Crippen molar-refractivity contribution in [2.45, 2.75) is 19.6 Å². The molecule has 1 aromatic rings. The van der Waals surface area contributed by atoms with E-state index in [-0.39, 0.29) is 12.4 Å². The van der Waals surface area contributed by atoms with E-state index in [1.54, 1.807) is 6.92 Å². The highest BCUT2D eigenvalue weighted by Crippen LogP contribution is 2.13. The first kappa shape index (κ1) is 13.9. The zero-order valence-corrected chi connectivity index (χ0v) is 10.2. The first-order valence-electron chi connectivity index (χ1n) is 5.17. The van der Waals surface area contributed by atoms with Crippen LogP contribution in [0.4, 0.5) is 5.82 Å². The summed E-state index contributed by atoms with van der Waals surface area (Å²) in [5.41, 5.74) is 0. The minimum absolute atomic E-state index is 0.112. The van der Waals surface area contributed by atoms with Gasteiger partial charge in [-0.1, -0.05) is 0 Å². The van der Waals surface area contributed by atoms with Crippen LogP contribution in [-0.2, 0) is 6.54 Å². The number of aliphatic hydroxyl groups is 1. The second kappa shape index (κ2) is 6.53. The fourth-order valence-corrected chi connectivity index (χ4v) is 1.57. The van der Waals surface area contributed by atoms with Crippen LogP contribution in [0.3, 0.4) is 0 Å². The summed E-state index contributed by atoms with van der Waals surface area (Å²) >= 11 is 5.47. The lowest BCUT2D eigenvalue weighted by Gasteiger charge is -2.10. The molecular weight excluding hydrogens is 248 g/mol. The third kappa shape index (κ3) is 3.95. The molecule has 7 nitrogen and oxygen atoms in total. The summed E-state index contributed by atoms with van der Waals surface area (Å²) in [4.78, 5) is 14.0. The first-order chi connectivity index (χ1) is 8.06. The van der Waals surface area contributed by atoms with E-state index < -0.39 is 11.0 Å². The molecule has 17 heavy (non-hydrogen) atoms. The van der Waals surface area contributed by atoms with E-state index in [0.717, 1.165) is 0 Å². The van der Waals surface area contributed by atoms with Crippen molar-refractivity contribution in [3.8, 4) is 0 Å². The normalized spacial score (nSPS) is 12.6. The molecule has 0 saturated heterocycles. The summed E-state index contributed by atoms with van der Waals surface area (Å²) in [5.74, 6) is 0.851. The van der Waals surface area contributed by atoms with E-state index in [0.29, 0.717) is 24.8 Å². The van der Waals surface area contributed by atoms with Crippen molar-refractivity contribution in [3.63, 3.8) is 0 Å². The molecule has 0 saturated carbocycles. The van der Waals surface area contributed by atoms with Gasteiger partial charge in [0.05, 0.1) is 0 Å². The van der Waals surface area contributed by atoms with Crippen molar-refractivity contribution in [1.29, 1.82) is 0 Å². The van der Waals surface area contributed by atoms with E-state index in [2.05, 4.69) is 10.3 Å². The average molecular weight is 263 g/mol. The van der Waals surface area contributed by atoms with Gasteiger partial charge in [0.2, 0.25) is 0 Å². The number of imidazole rings is 1. The summed E-state index contributed by atoms with van der Waals surface area (Å²) in [6, 6.07) is 0. The summed E-state index contributed by atoms with van der Waals surface area (Å²) in [5, 5.41) is 23.3. The molecular formula is C9H15ClN4O3. The van der Waals surface area contributed by atoms with Gasteiger partial charge in [-0.2, -0.15) is 0 Å². The highest BCUT2D eigenvalue weighted by molar-refractivity contribution is 6.18. The molecule has 1 unspecified atom stereocenters. The lowest BCUT2D eigenvalue weighted by molar-refractivity contribution is -0.392. The van der Waals surface area contributed by atoms with Crippen molar-refractivity contribution in [3.05, 3.63) is 22.1 Å². The van der Waals surface area contributed by atoms with Crippen LogP contribution < -0.4 is 5.32 Å². The topological polar surface area (TPSA) is 93.2 Å². The van der Waals surface area contributed by atoms with Gasteiger partial charge in [0.15, 0.2) is 5.82 Å². The van der Waals surface area contributed by atoms with E-state index in [1.165, 1.54) is 10.8 Å². The van der Waals surface area contributed by atoms with Crippen molar-refractivity contribution in [2.75, 3.05) is 19.0 Å². The molecule has 8 heteroatoms. The molecule has 1 aromatic heterocycles. The number of alkyl halides is 1. The molecule has 0 aliphatic carbocycles. The number of hydrogen-bond acceptors (Lipinski definition) is 5. The largest absolute Gasteiger partial charge is 0.388 e. The Morgan fingerprint density at radius 1 is 1.76 bits per heavy atom. The van der Waals surface area contributed by atoms with Gasteiger partial charge < -0.3 is 20.5 Å². The minimum Gasteiger partial charge on any atom is -0.388 e. The molecule has 1 heterocycles. The highest BCUT2D eigenvalue weighted by Gasteiger charge is 2.20. The van der Waals surface area contributed by atoms with Crippen LogP contribution >= 0.6 is 11.6 Å². The van der Waals surface area contributed by atoms with E-state index in [4.69, 9.17) is 11.6 Å². The number of rotatable bonds is 7. The number of nitro groups is 1. The van der Waals surface area contributed by atoms with Gasteiger partial charge in [-0.05, 0) is 4.92 Å². The lowest BCUT2D eigenvalue weighted by Crippen LogP contribution is -2.31. The molecule has 1 atom stereocenters. The highest BCUT2D eigenvalue weighted by atomic mass is 35.5. The SMILES string of the molecule is Cc1ncc([N+](=O)[O-])n1CC(O)CNCCCl. The number of nitrogens with one attached hydrogen (secondary N) is 1. The minimum atomic E-state index is -0.718. The quantitative estimate of drug-likeness (QED) is 0.319. The maximum atomic E-state index is 10.7. The fourth-order valence-electron chi connectivity index (χ4n) is 1.44. The summed E-state index contributed by atoms with van der Waals surface area (Å²) < 4.78 is 1.38. The lowest BCUT2D eigenvalue weighted by atomic mass is 10.3. The van der Waals surface area contributed by atoms with Gasteiger partial charge >= 0.3 is 5.82 Å². The number of hydrogen-bond donors (Lipinski definition) is 2. The van der Waals surface area contributed by atoms with Gasteiger partial charge in [0.25, 0.3) is 0 Å². The Morgan fingerprint density at radius 3 is 3.06 bits per heavy atom. The van der Waals surface area contributed by atoms with Gasteiger partial charge in [0, 0.05) is 25.9 Å². The van der Waals surface area contributed by atoms with E-state index in [1.807, 2.05) is 0 Å². The second-order valence-corrected chi connectivity index (χ2v) is 3.96. The predicted octanol–water partition coefficient (Wildman–Crippen LogP) is 0.289. The summed E-state index contributed by atoms with van der Waals surface area (Å²) in [6.45, 7) is 2.72.